The molecule has 0 saturated heterocycles. The summed E-state index contributed by atoms with van der Waals surface area (Å²) in [7, 11) is 0. The summed E-state index contributed by atoms with van der Waals surface area (Å²) in [6, 6.07) is 12.3. The second-order valence-electron chi connectivity index (χ2n) is 3.77. The molecule has 0 aromatic heterocycles. The van der Waals surface area contributed by atoms with E-state index in [1.54, 1.807) is 30.3 Å². The van der Waals surface area contributed by atoms with Crippen LogP contribution in [0, 0.1) is 18.3 Å². The number of hydrogen-bond donors (Lipinski definition) is 0. The summed E-state index contributed by atoms with van der Waals surface area (Å²) in [5.41, 5.74) is 1.36. The average molecular weight is 278 g/mol. The third-order valence-corrected chi connectivity index (χ3v) is 2.97. The van der Waals surface area contributed by atoms with E-state index in [9.17, 15) is 0 Å². The van der Waals surface area contributed by atoms with Gasteiger partial charge in [0.05, 0.1) is 10.6 Å². The minimum Gasteiger partial charge on any atom is -0.457 e. The first-order valence-electron chi connectivity index (χ1n) is 5.24. The Morgan fingerprint density at radius 3 is 2.50 bits per heavy atom. The average Bonchev–Trinajstić information content (AvgIpc) is 2.33. The van der Waals surface area contributed by atoms with E-state index in [-0.39, 0.29) is 0 Å². The highest BCUT2D eigenvalue weighted by molar-refractivity contribution is 6.31. The van der Waals surface area contributed by atoms with Crippen LogP contribution in [0.25, 0.3) is 0 Å². The first-order valence-corrected chi connectivity index (χ1v) is 5.99. The number of aryl methyl sites for hydroxylation is 1. The van der Waals surface area contributed by atoms with Crippen LogP contribution in [0.2, 0.25) is 10.0 Å². The van der Waals surface area contributed by atoms with Crippen LogP contribution in [0.1, 0.15) is 11.1 Å². The van der Waals surface area contributed by atoms with Crippen molar-refractivity contribution in [2.45, 2.75) is 6.92 Å². The van der Waals surface area contributed by atoms with Gasteiger partial charge in [0, 0.05) is 11.1 Å². The molecule has 0 saturated carbocycles. The van der Waals surface area contributed by atoms with E-state index in [1.807, 2.05) is 19.1 Å². The Balaban J connectivity index is 2.29. The largest absolute Gasteiger partial charge is 0.457 e. The molecule has 0 fully saturated rings. The van der Waals surface area contributed by atoms with Gasteiger partial charge in [0.2, 0.25) is 0 Å². The fraction of sp³-hybridized carbons (Fsp3) is 0.0714. The van der Waals surface area contributed by atoms with Crippen LogP contribution in [-0.2, 0) is 0 Å². The van der Waals surface area contributed by atoms with Gasteiger partial charge in [-0.05, 0) is 42.8 Å². The van der Waals surface area contributed by atoms with Crippen LogP contribution in [0.5, 0.6) is 11.5 Å². The molecule has 0 N–H and O–H groups in total. The van der Waals surface area contributed by atoms with Crippen LogP contribution < -0.4 is 4.74 Å². The maximum absolute atomic E-state index is 8.78. The summed E-state index contributed by atoms with van der Waals surface area (Å²) in [4.78, 5) is 0. The van der Waals surface area contributed by atoms with E-state index in [1.165, 1.54) is 0 Å². The van der Waals surface area contributed by atoms with Crippen molar-refractivity contribution in [3.05, 3.63) is 57.6 Å². The molecule has 0 bridgehead atoms. The van der Waals surface area contributed by atoms with Gasteiger partial charge in [0.1, 0.15) is 17.6 Å². The Bertz CT molecular complexity index is 632. The number of benzene rings is 2. The van der Waals surface area contributed by atoms with E-state index >= 15 is 0 Å². The first kappa shape index (κ1) is 12.8. The van der Waals surface area contributed by atoms with Gasteiger partial charge in [-0.3, -0.25) is 0 Å². The minimum atomic E-state index is 0.376. The van der Waals surface area contributed by atoms with Gasteiger partial charge in [0.25, 0.3) is 0 Å². The van der Waals surface area contributed by atoms with Crippen molar-refractivity contribution < 1.29 is 4.74 Å². The van der Waals surface area contributed by atoms with Gasteiger partial charge in [-0.1, -0.05) is 23.2 Å². The van der Waals surface area contributed by atoms with Gasteiger partial charge in [0.15, 0.2) is 0 Å². The van der Waals surface area contributed by atoms with Crippen LogP contribution in [-0.4, -0.2) is 0 Å². The van der Waals surface area contributed by atoms with Crippen molar-refractivity contribution in [3.63, 3.8) is 0 Å². The van der Waals surface area contributed by atoms with Crippen molar-refractivity contribution in [3.8, 4) is 17.6 Å². The number of ether oxygens (including phenoxy) is 1. The zero-order valence-corrected chi connectivity index (χ0v) is 11.1. The topological polar surface area (TPSA) is 33.0 Å². The van der Waals surface area contributed by atoms with Crippen LogP contribution in [0.3, 0.4) is 0 Å². The number of nitrogens with zero attached hydrogens (tertiary/aromatic N) is 1. The molecular formula is C14H9Cl2NO. The summed E-state index contributed by atoms with van der Waals surface area (Å²) >= 11 is 11.8. The minimum absolute atomic E-state index is 0.376. The molecule has 0 radical (unpaired) electrons. The van der Waals surface area contributed by atoms with E-state index < -0.39 is 0 Å². The summed E-state index contributed by atoms with van der Waals surface area (Å²) in [6.45, 7) is 1.91. The van der Waals surface area contributed by atoms with Crippen molar-refractivity contribution >= 4 is 23.2 Å². The Labute approximate surface area is 115 Å². The smallest absolute Gasteiger partial charge is 0.130 e. The summed E-state index contributed by atoms with van der Waals surface area (Å²) in [6.07, 6.45) is 0. The molecule has 0 heterocycles. The predicted molar refractivity (Wildman–Crippen MR) is 72.4 cm³/mol. The predicted octanol–water partition coefficient (Wildman–Crippen LogP) is 4.97. The lowest BCUT2D eigenvalue weighted by Crippen LogP contribution is -1.88. The number of hydrogen-bond acceptors (Lipinski definition) is 2. The molecule has 18 heavy (non-hydrogen) atoms. The van der Waals surface area contributed by atoms with Gasteiger partial charge in [-0.2, -0.15) is 5.26 Å². The molecule has 2 aromatic carbocycles. The third-order valence-electron chi connectivity index (χ3n) is 2.43. The molecule has 0 aliphatic heterocycles. The van der Waals surface area contributed by atoms with Gasteiger partial charge < -0.3 is 4.74 Å². The van der Waals surface area contributed by atoms with Crippen LogP contribution in [0.15, 0.2) is 36.4 Å². The Morgan fingerprint density at radius 2 is 1.89 bits per heavy atom. The number of nitriles is 1. The van der Waals surface area contributed by atoms with E-state index in [0.29, 0.717) is 27.1 Å². The van der Waals surface area contributed by atoms with Gasteiger partial charge in [-0.15, -0.1) is 0 Å². The number of halogens is 2. The molecule has 90 valence electrons. The molecule has 2 nitrogen and oxygen atoms in total. The molecule has 2 rings (SSSR count). The van der Waals surface area contributed by atoms with Crippen molar-refractivity contribution in [1.29, 1.82) is 5.26 Å². The fourth-order valence-electron chi connectivity index (χ4n) is 1.50. The molecular weight excluding hydrogens is 269 g/mol. The summed E-state index contributed by atoms with van der Waals surface area (Å²) in [5, 5.41) is 9.82. The van der Waals surface area contributed by atoms with Crippen LogP contribution in [0.4, 0.5) is 0 Å². The number of rotatable bonds is 2. The molecule has 0 aliphatic carbocycles. The monoisotopic (exact) mass is 277 g/mol. The standard InChI is InChI=1S/C14H9Cl2NO/c1-9-6-11(15)3-5-14(9)18-12-4-2-10(8-17)13(16)7-12/h2-7H,1H3. The third kappa shape index (κ3) is 2.76. The van der Waals surface area contributed by atoms with E-state index in [2.05, 4.69) is 0 Å². The molecule has 0 atom stereocenters. The molecule has 0 amide bonds. The second-order valence-corrected chi connectivity index (χ2v) is 4.61. The van der Waals surface area contributed by atoms with Crippen molar-refractivity contribution in [2.24, 2.45) is 0 Å². The van der Waals surface area contributed by atoms with Crippen LogP contribution >= 0.6 is 23.2 Å². The molecule has 0 aliphatic rings. The quantitative estimate of drug-likeness (QED) is 0.777. The van der Waals surface area contributed by atoms with E-state index in [4.69, 9.17) is 33.2 Å². The molecule has 0 spiro atoms. The lowest BCUT2D eigenvalue weighted by atomic mass is 10.2. The zero-order valence-electron chi connectivity index (χ0n) is 9.58. The Hall–Kier alpha value is -1.69. The highest BCUT2D eigenvalue weighted by Crippen LogP contribution is 2.29. The lowest BCUT2D eigenvalue weighted by Gasteiger charge is -2.09. The second kappa shape index (κ2) is 5.30. The SMILES string of the molecule is Cc1cc(Cl)ccc1Oc1ccc(C#N)c(Cl)c1. The Kier molecular flexibility index (Phi) is 3.76. The maximum Gasteiger partial charge on any atom is 0.130 e. The van der Waals surface area contributed by atoms with Gasteiger partial charge >= 0.3 is 0 Å². The maximum atomic E-state index is 8.78. The van der Waals surface area contributed by atoms with Crippen molar-refractivity contribution in [2.75, 3.05) is 0 Å². The Morgan fingerprint density at radius 1 is 1.11 bits per heavy atom. The van der Waals surface area contributed by atoms with E-state index in [0.717, 1.165) is 5.56 Å². The zero-order chi connectivity index (χ0) is 13.1. The molecule has 0 unspecified atom stereocenters. The first-order chi connectivity index (χ1) is 8.60. The highest BCUT2D eigenvalue weighted by Gasteiger charge is 2.05. The molecule has 2 aromatic rings. The summed E-state index contributed by atoms with van der Waals surface area (Å²) in [5.74, 6) is 1.30. The fourth-order valence-corrected chi connectivity index (χ4v) is 1.94. The summed E-state index contributed by atoms with van der Waals surface area (Å²) < 4.78 is 5.69. The highest BCUT2D eigenvalue weighted by atomic mass is 35.5. The lowest BCUT2D eigenvalue weighted by molar-refractivity contribution is 0.479. The normalized spacial score (nSPS) is 9.89. The van der Waals surface area contributed by atoms with Crippen molar-refractivity contribution in [1.82, 2.24) is 0 Å². The molecule has 4 heteroatoms. The van der Waals surface area contributed by atoms with Gasteiger partial charge in [-0.25, -0.2) is 0 Å².